The molecule has 1 N–H and O–H groups in total. The highest BCUT2D eigenvalue weighted by atomic mass is 19.1. The van der Waals surface area contributed by atoms with Crippen LogP contribution < -0.4 is 5.32 Å². The summed E-state index contributed by atoms with van der Waals surface area (Å²) in [5.74, 6) is -0.313. The molecule has 2 rings (SSSR count). The van der Waals surface area contributed by atoms with E-state index in [4.69, 9.17) is 4.74 Å². The van der Waals surface area contributed by atoms with Crippen LogP contribution in [0.1, 0.15) is 12.5 Å². The van der Waals surface area contributed by atoms with Gasteiger partial charge in [0.1, 0.15) is 5.82 Å². The molecule has 1 saturated heterocycles. The maximum atomic E-state index is 12.8. The Labute approximate surface area is 118 Å². The fourth-order valence-corrected chi connectivity index (χ4v) is 2.26. The average Bonchev–Trinajstić information content (AvgIpc) is 2.48. The van der Waals surface area contributed by atoms with Crippen molar-refractivity contribution in [2.24, 2.45) is 0 Å². The molecule has 20 heavy (non-hydrogen) atoms. The maximum absolute atomic E-state index is 12.8. The lowest BCUT2D eigenvalue weighted by Crippen LogP contribution is -2.47. The Balaban J connectivity index is 1.72. The smallest absolute Gasteiger partial charge is 0.224 e. The first-order chi connectivity index (χ1) is 9.65. The van der Waals surface area contributed by atoms with Crippen LogP contribution in [0.2, 0.25) is 0 Å². The zero-order chi connectivity index (χ0) is 14.4. The molecule has 5 heteroatoms. The van der Waals surface area contributed by atoms with Gasteiger partial charge in [0.25, 0.3) is 0 Å². The van der Waals surface area contributed by atoms with Gasteiger partial charge < -0.3 is 10.1 Å². The highest BCUT2D eigenvalue weighted by Crippen LogP contribution is 2.05. The van der Waals surface area contributed by atoms with Crippen molar-refractivity contribution >= 4 is 5.91 Å². The Morgan fingerprint density at radius 3 is 2.65 bits per heavy atom. The molecule has 0 spiro atoms. The van der Waals surface area contributed by atoms with Crippen LogP contribution in [0.3, 0.4) is 0 Å². The quantitative estimate of drug-likeness (QED) is 0.881. The number of nitrogens with one attached hydrogen (secondary N) is 1. The van der Waals surface area contributed by atoms with Gasteiger partial charge in [-0.05, 0) is 24.6 Å². The number of benzene rings is 1. The van der Waals surface area contributed by atoms with Crippen LogP contribution in [0.5, 0.6) is 0 Å². The van der Waals surface area contributed by atoms with E-state index >= 15 is 0 Å². The Bertz CT molecular complexity index is 430. The van der Waals surface area contributed by atoms with Crippen molar-refractivity contribution in [2.45, 2.75) is 19.4 Å². The van der Waals surface area contributed by atoms with Crippen LogP contribution in [0.15, 0.2) is 24.3 Å². The molecule has 0 bridgehead atoms. The first-order valence-corrected chi connectivity index (χ1v) is 6.98. The number of carbonyl (C=O) groups is 1. The van der Waals surface area contributed by atoms with Crippen molar-refractivity contribution in [3.05, 3.63) is 35.6 Å². The summed E-state index contributed by atoms with van der Waals surface area (Å²) < 4.78 is 18.1. The molecule has 1 aliphatic heterocycles. The lowest BCUT2D eigenvalue weighted by molar-refractivity contribution is -0.120. The zero-order valence-electron chi connectivity index (χ0n) is 11.8. The third kappa shape index (κ3) is 4.58. The first kappa shape index (κ1) is 14.9. The van der Waals surface area contributed by atoms with Crippen molar-refractivity contribution in [2.75, 3.05) is 32.8 Å². The summed E-state index contributed by atoms with van der Waals surface area (Å²) in [5, 5.41) is 2.93. The molecule has 1 heterocycles. The first-order valence-electron chi connectivity index (χ1n) is 6.98. The minimum Gasteiger partial charge on any atom is -0.379 e. The van der Waals surface area contributed by atoms with E-state index in [2.05, 4.69) is 17.1 Å². The highest BCUT2D eigenvalue weighted by molar-refractivity contribution is 5.78. The van der Waals surface area contributed by atoms with Gasteiger partial charge >= 0.3 is 0 Å². The Kier molecular flexibility index (Phi) is 5.49. The van der Waals surface area contributed by atoms with Gasteiger partial charge in [0.15, 0.2) is 0 Å². The number of halogens is 1. The number of ether oxygens (including phenoxy) is 1. The topological polar surface area (TPSA) is 41.6 Å². The van der Waals surface area contributed by atoms with Gasteiger partial charge in [-0.3, -0.25) is 9.69 Å². The van der Waals surface area contributed by atoms with Gasteiger partial charge in [-0.15, -0.1) is 0 Å². The van der Waals surface area contributed by atoms with Crippen LogP contribution in [0.4, 0.5) is 4.39 Å². The summed E-state index contributed by atoms with van der Waals surface area (Å²) in [6, 6.07) is 6.33. The van der Waals surface area contributed by atoms with E-state index in [1.807, 2.05) is 0 Å². The van der Waals surface area contributed by atoms with E-state index in [0.717, 1.165) is 31.9 Å². The second-order valence-electron chi connectivity index (χ2n) is 5.10. The van der Waals surface area contributed by atoms with Crippen LogP contribution in [0.25, 0.3) is 0 Å². The number of amides is 1. The van der Waals surface area contributed by atoms with Crippen molar-refractivity contribution in [1.82, 2.24) is 10.2 Å². The molecule has 4 nitrogen and oxygen atoms in total. The van der Waals surface area contributed by atoms with E-state index < -0.39 is 0 Å². The monoisotopic (exact) mass is 280 g/mol. The number of hydrogen-bond donors (Lipinski definition) is 1. The molecule has 1 aliphatic rings. The van der Waals surface area contributed by atoms with E-state index in [-0.39, 0.29) is 18.1 Å². The molecule has 1 fully saturated rings. The predicted molar refractivity (Wildman–Crippen MR) is 75.0 cm³/mol. The SMILES string of the molecule is CC(CNC(=O)Cc1ccc(F)cc1)N1CCOCC1. The molecule has 110 valence electrons. The normalized spacial score (nSPS) is 17.7. The second-order valence-corrected chi connectivity index (χ2v) is 5.10. The fourth-order valence-electron chi connectivity index (χ4n) is 2.26. The molecule has 0 aliphatic carbocycles. The molecule has 0 saturated carbocycles. The molecule has 1 aromatic rings. The highest BCUT2D eigenvalue weighted by Gasteiger charge is 2.17. The molecular weight excluding hydrogens is 259 g/mol. The average molecular weight is 280 g/mol. The van der Waals surface area contributed by atoms with Crippen molar-refractivity contribution in [3.63, 3.8) is 0 Å². The summed E-state index contributed by atoms with van der Waals surface area (Å²) in [5.41, 5.74) is 0.822. The van der Waals surface area contributed by atoms with Crippen molar-refractivity contribution in [3.8, 4) is 0 Å². The minimum atomic E-state index is -0.282. The number of rotatable bonds is 5. The van der Waals surface area contributed by atoms with Gasteiger partial charge in [0, 0.05) is 25.7 Å². The summed E-state index contributed by atoms with van der Waals surface area (Å²) in [4.78, 5) is 14.1. The van der Waals surface area contributed by atoms with E-state index in [1.165, 1.54) is 12.1 Å². The molecule has 1 aromatic carbocycles. The minimum absolute atomic E-state index is 0.0308. The van der Waals surface area contributed by atoms with Crippen molar-refractivity contribution < 1.29 is 13.9 Å². The number of nitrogens with zero attached hydrogens (tertiary/aromatic N) is 1. The fraction of sp³-hybridized carbons (Fsp3) is 0.533. The number of hydrogen-bond acceptors (Lipinski definition) is 3. The summed E-state index contributed by atoms with van der Waals surface area (Å²) in [6.45, 7) is 6.06. The van der Waals surface area contributed by atoms with Crippen LogP contribution in [-0.2, 0) is 16.0 Å². The van der Waals surface area contributed by atoms with Crippen molar-refractivity contribution in [1.29, 1.82) is 0 Å². The van der Waals surface area contributed by atoms with Crippen LogP contribution >= 0.6 is 0 Å². The van der Waals surface area contributed by atoms with Gasteiger partial charge in [0.2, 0.25) is 5.91 Å². The number of carbonyl (C=O) groups excluding carboxylic acids is 1. The van der Waals surface area contributed by atoms with E-state index in [9.17, 15) is 9.18 Å². The van der Waals surface area contributed by atoms with Gasteiger partial charge in [-0.25, -0.2) is 4.39 Å². The predicted octanol–water partition coefficient (Wildman–Crippen LogP) is 1.21. The lowest BCUT2D eigenvalue weighted by atomic mass is 10.1. The lowest BCUT2D eigenvalue weighted by Gasteiger charge is -2.32. The van der Waals surface area contributed by atoms with Gasteiger partial charge in [-0.1, -0.05) is 12.1 Å². The van der Waals surface area contributed by atoms with Gasteiger partial charge in [-0.2, -0.15) is 0 Å². The summed E-state index contributed by atoms with van der Waals surface area (Å²) in [6.07, 6.45) is 0.288. The number of morpholine rings is 1. The Morgan fingerprint density at radius 1 is 1.35 bits per heavy atom. The molecule has 1 amide bonds. The molecular formula is C15H21FN2O2. The third-order valence-electron chi connectivity index (χ3n) is 3.54. The van der Waals surface area contributed by atoms with E-state index in [1.54, 1.807) is 12.1 Å². The second kappa shape index (κ2) is 7.36. The van der Waals surface area contributed by atoms with Crippen LogP contribution in [0, 0.1) is 5.82 Å². The Hall–Kier alpha value is -1.46. The molecule has 1 atom stereocenters. The Morgan fingerprint density at radius 2 is 2.00 bits per heavy atom. The molecule has 0 aromatic heterocycles. The largest absolute Gasteiger partial charge is 0.379 e. The summed E-state index contributed by atoms with van der Waals surface area (Å²) in [7, 11) is 0. The summed E-state index contributed by atoms with van der Waals surface area (Å²) >= 11 is 0. The third-order valence-corrected chi connectivity index (χ3v) is 3.54. The molecule has 0 radical (unpaired) electrons. The van der Waals surface area contributed by atoms with Crippen LogP contribution in [-0.4, -0.2) is 49.7 Å². The maximum Gasteiger partial charge on any atom is 0.224 e. The van der Waals surface area contributed by atoms with Gasteiger partial charge in [0.05, 0.1) is 19.6 Å². The standard InChI is InChI=1S/C15H21FN2O2/c1-12(18-6-8-20-9-7-18)11-17-15(19)10-13-2-4-14(16)5-3-13/h2-5,12H,6-11H2,1H3,(H,17,19). The van der Waals surface area contributed by atoms with E-state index in [0.29, 0.717) is 12.6 Å². The molecule has 1 unspecified atom stereocenters. The zero-order valence-corrected chi connectivity index (χ0v) is 11.8.